The summed E-state index contributed by atoms with van der Waals surface area (Å²) in [6, 6.07) is 27.5. The lowest BCUT2D eigenvalue weighted by atomic mass is 10.00. The Morgan fingerprint density at radius 2 is 1.77 bits per heavy atom. The van der Waals surface area contributed by atoms with Gasteiger partial charge in [0.05, 0.1) is 29.7 Å². The number of hydrogen-bond acceptors (Lipinski definition) is 4. The molecule has 2 aromatic heterocycles. The van der Waals surface area contributed by atoms with Crippen LogP contribution in [0.15, 0.2) is 91.1 Å². The highest BCUT2D eigenvalue weighted by atomic mass is 16.7. The van der Waals surface area contributed by atoms with E-state index in [1.165, 1.54) is 0 Å². The zero-order valence-electron chi connectivity index (χ0n) is 21.7. The summed E-state index contributed by atoms with van der Waals surface area (Å²) in [6.07, 6.45) is 2.05. The Morgan fingerprint density at radius 1 is 0.923 bits per heavy atom. The molecule has 1 unspecified atom stereocenters. The zero-order valence-corrected chi connectivity index (χ0v) is 21.7. The van der Waals surface area contributed by atoms with Gasteiger partial charge in [0.25, 0.3) is 0 Å². The fourth-order valence-electron chi connectivity index (χ4n) is 5.51. The standard InChI is InChI=1S/C31H27N5O3/c1-20-8-6-9-22(16-20)29-26-12-7-15-34(26)30-25(21(2)33-36(30)24-10-4-3-5-11-24)18-35(29)31(37)32-23-13-14-27-28(17-23)39-19-38-27/h3-17,29H,18-19H2,1-2H3,(H,32,37). The normalized spacial score (nSPS) is 15.4. The predicted molar refractivity (Wildman–Crippen MR) is 148 cm³/mol. The van der Waals surface area contributed by atoms with Gasteiger partial charge in [0.1, 0.15) is 5.82 Å². The van der Waals surface area contributed by atoms with E-state index in [9.17, 15) is 4.79 Å². The van der Waals surface area contributed by atoms with Crippen LogP contribution in [0.1, 0.15) is 34.1 Å². The van der Waals surface area contributed by atoms with E-state index in [0.29, 0.717) is 23.7 Å². The summed E-state index contributed by atoms with van der Waals surface area (Å²) in [7, 11) is 0. The second-order valence-electron chi connectivity index (χ2n) is 9.88. The minimum Gasteiger partial charge on any atom is -0.454 e. The highest BCUT2D eigenvalue weighted by molar-refractivity contribution is 5.90. The van der Waals surface area contributed by atoms with E-state index >= 15 is 0 Å². The van der Waals surface area contributed by atoms with Gasteiger partial charge in [-0.15, -0.1) is 0 Å². The Kier molecular flexibility index (Phi) is 5.40. The summed E-state index contributed by atoms with van der Waals surface area (Å²) >= 11 is 0. The second kappa shape index (κ2) is 9.09. The van der Waals surface area contributed by atoms with Crippen LogP contribution in [0.5, 0.6) is 11.5 Å². The first-order chi connectivity index (χ1) is 19.1. The maximum absolute atomic E-state index is 14.1. The van der Waals surface area contributed by atoms with Crippen molar-refractivity contribution in [2.24, 2.45) is 0 Å². The van der Waals surface area contributed by atoms with Gasteiger partial charge < -0.3 is 24.3 Å². The molecule has 8 heteroatoms. The van der Waals surface area contributed by atoms with Crippen LogP contribution in [0.3, 0.4) is 0 Å². The number of amides is 2. The third kappa shape index (κ3) is 3.92. The summed E-state index contributed by atoms with van der Waals surface area (Å²) in [6.45, 7) is 4.63. The van der Waals surface area contributed by atoms with E-state index < -0.39 is 0 Å². The van der Waals surface area contributed by atoms with E-state index in [4.69, 9.17) is 14.6 Å². The zero-order chi connectivity index (χ0) is 26.5. The van der Waals surface area contributed by atoms with E-state index in [1.807, 2.05) is 71.1 Å². The van der Waals surface area contributed by atoms with Crippen molar-refractivity contribution in [3.05, 3.63) is 119 Å². The molecule has 3 aromatic carbocycles. The largest absolute Gasteiger partial charge is 0.454 e. The Labute approximate surface area is 226 Å². The third-order valence-electron chi connectivity index (χ3n) is 7.33. The van der Waals surface area contributed by atoms with Crippen LogP contribution in [-0.4, -0.2) is 32.1 Å². The summed E-state index contributed by atoms with van der Waals surface area (Å²) in [5, 5.41) is 8.03. The number of nitrogens with zero attached hydrogens (tertiary/aromatic N) is 4. The number of nitrogens with one attached hydrogen (secondary N) is 1. The molecule has 2 amide bonds. The van der Waals surface area contributed by atoms with Gasteiger partial charge in [0.15, 0.2) is 11.5 Å². The number of urea groups is 1. The van der Waals surface area contributed by atoms with Crippen LogP contribution >= 0.6 is 0 Å². The molecular weight excluding hydrogens is 490 g/mol. The highest BCUT2D eigenvalue weighted by Crippen LogP contribution is 2.39. The van der Waals surface area contributed by atoms with Gasteiger partial charge in [-0.05, 0) is 55.8 Å². The maximum Gasteiger partial charge on any atom is 0.322 e. The number of hydrogen-bond donors (Lipinski definition) is 1. The van der Waals surface area contributed by atoms with Crippen molar-refractivity contribution in [2.75, 3.05) is 12.1 Å². The fraction of sp³-hybridized carbons (Fsp3) is 0.161. The van der Waals surface area contributed by atoms with Crippen LogP contribution in [0.2, 0.25) is 0 Å². The molecule has 8 nitrogen and oxygen atoms in total. The summed E-state index contributed by atoms with van der Waals surface area (Å²) < 4.78 is 15.1. The number of ether oxygens (including phenoxy) is 2. The number of aromatic nitrogens is 3. The first kappa shape index (κ1) is 23.2. The maximum atomic E-state index is 14.1. The molecule has 194 valence electrons. The van der Waals surface area contributed by atoms with E-state index in [-0.39, 0.29) is 18.9 Å². The Morgan fingerprint density at radius 3 is 2.62 bits per heavy atom. The van der Waals surface area contributed by atoms with Crippen molar-refractivity contribution in [3.8, 4) is 23.0 Å². The van der Waals surface area contributed by atoms with E-state index in [0.717, 1.165) is 39.6 Å². The molecular formula is C31H27N5O3. The molecule has 7 rings (SSSR count). The molecule has 2 aliphatic rings. The SMILES string of the molecule is Cc1cccc(C2c3cccn3-c3c(c(C)nn3-c3ccccc3)CN2C(=O)Nc2ccc3c(c2)OCO3)c1. The monoisotopic (exact) mass is 517 g/mol. The lowest BCUT2D eigenvalue weighted by molar-refractivity contribution is 0.174. The van der Waals surface area contributed by atoms with Gasteiger partial charge in [-0.3, -0.25) is 0 Å². The molecule has 0 bridgehead atoms. The lowest BCUT2D eigenvalue weighted by Gasteiger charge is -2.31. The van der Waals surface area contributed by atoms with Crippen LogP contribution in [0.4, 0.5) is 10.5 Å². The van der Waals surface area contributed by atoms with Gasteiger partial charge in [0, 0.05) is 23.5 Å². The Balaban J connectivity index is 1.38. The van der Waals surface area contributed by atoms with Crippen molar-refractivity contribution in [1.29, 1.82) is 0 Å². The number of carbonyl (C=O) groups excluding carboxylic acids is 1. The topological polar surface area (TPSA) is 73.6 Å². The van der Waals surface area contributed by atoms with Crippen LogP contribution in [0.25, 0.3) is 11.5 Å². The molecule has 0 saturated carbocycles. The van der Waals surface area contributed by atoms with Crippen molar-refractivity contribution in [2.45, 2.75) is 26.4 Å². The number of aryl methyl sites for hydroxylation is 2. The number of para-hydroxylation sites is 1. The first-order valence-electron chi connectivity index (χ1n) is 12.9. The van der Waals surface area contributed by atoms with Gasteiger partial charge in [-0.2, -0.15) is 5.10 Å². The molecule has 0 saturated heterocycles. The number of benzene rings is 3. The van der Waals surface area contributed by atoms with Crippen molar-refractivity contribution in [1.82, 2.24) is 19.2 Å². The van der Waals surface area contributed by atoms with Crippen molar-refractivity contribution in [3.63, 3.8) is 0 Å². The molecule has 0 radical (unpaired) electrons. The average Bonchev–Trinajstić information content (AvgIpc) is 3.66. The number of carbonyl (C=O) groups is 1. The van der Waals surface area contributed by atoms with Gasteiger partial charge in [-0.1, -0.05) is 48.0 Å². The minimum atomic E-state index is -0.329. The highest BCUT2D eigenvalue weighted by Gasteiger charge is 2.36. The third-order valence-corrected chi connectivity index (χ3v) is 7.33. The molecule has 2 aliphatic heterocycles. The summed E-state index contributed by atoms with van der Waals surface area (Å²) in [5.74, 6) is 2.23. The smallest absolute Gasteiger partial charge is 0.322 e. The van der Waals surface area contributed by atoms with Crippen molar-refractivity contribution >= 4 is 11.7 Å². The summed E-state index contributed by atoms with van der Waals surface area (Å²) in [5.41, 5.74) is 6.63. The molecule has 39 heavy (non-hydrogen) atoms. The van der Waals surface area contributed by atoms with Crippen molar-refractivity contribution < 1.29 is 14.3 Å². The molecule has 0 aliphatic carbocycles. The quantitative estimate of drug-likeness (QED) is 0.312. The number of fused-ring (bicyclic) bond motifs is 4. The van der Waals surface area contributed by atoms with E-state index in [1.54, 1.807) is 6.07 Å². The average molecular weight is 518 g/mol. The Hall–Kier alpha value is -4.98. The van der Waals surface area contributed by atoms with E-state index in [2.05, 4.69) is 47.3 Å². The molecule has 0 fully saturated rings. The molecule has 0 spiro atoms. The van der Waals surface area contributed by atoms with Crippen LogP contribution < -0.4 is 14.8 Å². The Bertz CT molecular complexity index is 1700. The molecule has 5 aromatic rings. The fourth-order valence-corrected chi connectivity index (χ4v) is 5.51. The van der Waals surface area contributed by atoms with Crippen LogP contribution in [0, 0.1) is 13.8 Å². The number of rotatable bonds is 3. The van der Waals surface area contributed by atoms with Crippen LogP contribution in [-0.2, 0) is 6.54 Å². The molecule has 4 heterocycles. The van der Waals surface area contributed by atoms with Gasteiger partial charge >= 0.3 is 6.03 Å². The predicted octanol–water partition coefficient (Wildman–Crippen LogP) is 6.15. The van der Waals surface area contributed by atoms with Gasteiger partial charge in [-0.25, -0.2) is 9.48 Å². The van der Waals surface area contributed by atoms with Gasteiger partial charge in [0.2, 0.25) is 6.79 Å². The summed E-state index contributed by atoms with van der Waals surface area (Å²) in [4.78, 5) is 16.0. The number of anilines is 1. The second-order valence-corrected chi connectivity index (χ2v) is 9.88. The molecule has 1 atom stereocenters. The lowest BCUT2D eigenvalue weighted by Crippen LogP contribution is -2.38. The first-order valence-corrected chi connectivity index (χ1v) is 12.9. The minimum absolute atomic E-state index is 0.179. The molecule has 1 N–H and O–H groups in total.